The highest BCUT2D eigenvalue weighted by Crippen LogP contribution is 2.24. The van der Waals surface area contributed by atoms with Crippen LogP contribution in [-0.2, 0) is 6.54 Å². The number of imidazole rings is 2. The van der Waals surface area contributed by atoms with Crippen LogP contribution in [0.1, 0.15) is 5.82 Å². The predicted molar refractivity (Wildman–Crippen MR) is 91.0 cm³/mol. The van der Waals surface area contributed by atoms with Gasteiger partial charge in [-0.15, -0.1) is 0 Å². The second-order valence-corrected chi connectivity index (χ2v) is 5.68. The van der Waals surface area contributed by atoms with Crippen molar-refractivity contribution in [2.24, 2.45) is 0 Å². The first-order valence-electron chi connectivity index (χ1n) is 7.72. The third kappa shape index (κ3) is 2.23. The molecule has 25 heavy (non-hydrogen) atoms. The van der Waals surface area contributed by atoms with E-state index in [9.17, 15) is 4.79 Å². The number of nitrogens with one attached hydrogen (secondary N) is 2. The SMILES string of the molecule is O=c1[nH]c2cccc(-c3nc(Cn4cnc5ccccc54)no3)c2[nH]1. The van der Waals surface area contributed by atoms with Crippen LogP contribution in [0.4, 0.5) is 0 Å². The Hall–Kier alpha value is -3.68. The van der Waals surface area contributed by atoms with Crippen LogP contribution in [0.5, 0.6) is 0 Å². The van der Waals surface area contributed by atoms with Crippen molar-refractivity contribution in [1.29, 1.82) is 0 Å². The number of rotatable bonds is 3. The summed E-state index contributed by atoms with van der Waals surface area (Å²) >= 11 is 0. The lowest BCUT2D eigenvalue weighted by atomic mass is 10.2. The van der Waals surface area contributed by atoms with Crippen LogP contribution >= 0.6 is 0 Å². The Morgan fingerprint density at radius 2 is 2.00 bits per heavy atom. The van der Waals surface area contributed by atoms with Gasteiger partial charge in [0.05, 0.1) is 40.5 Å². The number of aromatic amines is 2. The molecule has 8 nitrogen and oxygen atoms in total. The number of hydrogen-bond donors (Lipinski definition) is 2. The molecule has 0 aliphatic rings. The Morgan fingerprint density at radius 1 is 1.08 bits per heavy atom. The fraction of sp³-hybridized carbons (Fsp3) is 0.0588. The minimum atomic E-state index is -0.271. The summed E-state index contributed by atoms with van der Waals surface area (Å²) in [5.41, 5.74) is 3.68. The van der Waals surface area contributed by atoms with Crippen LogP contribution in [0.3, 0.4) is 0 Å². The van der Waals surface area contributed by atoms with E-state index in [0.717, 1.165) is 11.0 Å². The van der Waals surface area contributed by atoms with E-state index in [4.69, 9.17) is 4.52 Å². The zero-order valence-corrected chi connectivity index (χ0v) is 12.9. The van der Waals surface area contributed by atoms with Crippen LogP contribution in [-0.4, -0.2) is 29.7 Å². The van der Waals surface area contributed by atoms with Crippen molar-refractivity contribution in [2.45, 2.75) is 6.54 Å². The van der Waals surface area contributed by atoms with Crippen LogP contribution in [0.15, 0.2) is 58.1 Å². The molecule has 0 saturated carbocycles. The molecule has 0 saturated heterocycles. The lowest BCUT2D eigenvalue weighted by Gasteiger charge is -1.99. The third-order valence-electron chi connectivity index (χ3n) is 4.09. The first-order valence-corrected chi connectivity index (χ1v) is 7.72. The molecule has 0 atom stereocenters. The molecule has 0 fully saturated rings. The maximum Gasteiger partial charge on any atom is 0.323 e. The maximum atomic E-state index is 11.5. The van der Waals surface area contributed by atoms with E-state index in [1.165, 1.54) is 0 Å². The largest absolute Gasteiger partial charge is 0.334 e. The third-order valence-corrected chi connectivity index (χ3v) is 4.09. The van der Waals surface area contributed by atoms with Gasteiger partial charge in [0.2, 0.25) is 0 Å². The monoisotopic (exact) mass is 332 g/mol. The molecular formula is C17H12N6O2. The van der Waals surface area contributed by atoms with Gasteiger partial charge in [-0.3, -0.25) is 0 Å². The Bertz CT molecular complexity index is 1260. The quantitative estimate of drug-likeness (QED) is 0.527. The molecule has 5 rings (SSSR count). The molecule has 0 radical (unpaired) electrons. The molecule has 2 aromatic carbocycles. The lowest BCUT2D eigenvalue weighted by Crippen LogP contribution is -2.00. The Balaban J connectivity index is 1.54. The minimum Gasteiger partial charge on any atom is -0.334 e. The molecule has 0 aliphatic carbocycles. The molecule has 3 heterocycles. The van der Waals surface area contributed by atoms with Gasteiger partial charge in [-0.25, -0.2) is 9.78 Å². The summed E-state index contributed by atoms with van der Waals surface area (Å²) in [7, 11) is 0. The number of aromatic nitrogens is 6. The number of H-pyrrole nitrogens is 2. The maximum absolute atomic E-state index is 11.5. The van der Waals surface area contributed by atoms with Crippen molar-refractivity contribution >= 4 is 22.1 Å². The van der Waals surface area contributed by atoms with E-state index < -0.39 is 0 Å². The van der Waals surface area contributed by atoms with Gasteiger partial charge in [0.25, 0.3) is 5.89 Å². The minimum absolute atomic E-state index is 0.271. The van der Waals surface area contributed by atoms with E-state index in [2.05, 4.69) is 25.1 Å². The smallest absolute Gasteiger partial charge is 0.323 e. The molecule has 0 unspecified atom stereocenters. The number of fused-ring (bicyclic) bond motifs is 2. The summed E-state index contributed by atoms with van der Waals surface area (Å²) < 4.78 is 7.36. The Morgan fingerprint density at radius 3 is 2.96 bits per heavy atom. The van der Waals surface area contributed by atoms with Gasteiger partial charge in [0, 0.05) is 0 Å². The standard InChI is InChI=1S/C17H12N6O2/c24-17-19-12-6-3-4-10(15(12)21-17)16-20-14(22-25-16)8-23-9-18-11-5-1-2-7-13(11)23/h1-7,9H,8H2,(H2,19,21,24). The molecule has 0 amide bonds. The summed E-state index contributed by atoms with van der Waals surface area (Å²) in [4.78, 5) is 25.8. The highest BCUT2D eigenvalue weighted by Gasteiger charge is 2.14. The van der Waals surface area contributed by atoms with Crippen molar-refractivity contribution in [3.05, 3.63) is 65.1 Å². The molecule has 2 N–H and O–H groups in total. The molecule has 0 bridgehead atoms. The average Bonchev–Trinajstić information content (AvgIpc) is 3.33. The lowest BCUT2D eigenvalue weighted by molar-refractivity contribution is 0.421. The van der Waals surface area contributed by atoms with Crippen molar-refractivity contribution in [3.8, 4) is 11.5 Å². The van der Waals surface area contributed by atoms with Gasteiger partial charge in [-0.1, -0.05) is 23.4 Å². The summed E-state index contributed by atoms with van der Waals surface area (Å²) in [5, 5.41) is 4.05. The Kier molecular flexibility index (Phi) is 2.84. The fourth-order valence-electron chi connectivity index (χ4n) is 2.95. The second-order valence-electron chi connectivity index (χ2n) is 5.68. The normalized spacial score (nSPS) is 11.5. The van der Waals surface area contributed by atoms with E-state index in [-0.39, 0.29) is 5.69 Å². The van der Waals surface area contributed by atoms with E-state index >= 15 is 0 Å². The number of nitrogens with zero attached hydrogens (tertiary/aromatic N) is 4. The summed E-state index contributed by atoms with van der Waals surface area (Å²) in [6.45, 7) is 0.448. The molecule has 8 heteroatoms. The first kappa shape index (κ1) is 13.7. The zero-order valence-electron chi connectivity index (χ0n) is 12.9. The van der Waals surface area contributed by atoms with Gasteiger partial charge in [-0.05, 0) is 24.3 Å². The molecule has 0 aliphatic heterocycles. The molecular weight excluding hydrogens is 320 g/mol. The molecule has 122 valence electrons. The van der Waals surface area contributed by atoms with Crippen LogP contribution < -0.4 is 5.69 Å². The van der Waals surface area contributed by atoms with Crippen molar-refractivity contribution in [3.63, 3.8) is 0 Å². The van der Waals surface area contributed by atoms with E-state index in [1.807, 2.05) is 47.0 Å². The average molecular weight is 332 g/mol. The highest BCUT2D eigenvalue weighted by atomic mass is 16.5. The zero-order chi connectivity index (χ0) is 16.8. The van der Waals surface area contributed by atoms with Crippen LogP contribution in [0.25, 0.3) is 33.5 Å². The van der Waals surface area contributed by atoms with Crippen molar-refractivity contribution in [2.75, 3.05) is 0 Å². The van der Waals surface area contributed by atoms with E-state index in [1.54, 1.807) is 6.33 Å². The fourth-order valence-corrected chi connectivity index (χ4v) is 2.95. The Labute approximate surface area is 140 Å². The number of hydrogen-bond acceptors (Lipinski definition) is 5. The van der Waals surface area contributed by atoms with Gasteiger partial charge >= 0.3 is 5.69 Å². The van der Waals surface area contributed by atoms with Crippen molar-refractivity contribution in [1.82, 2.24) is 29.7 Å². The van der Waals surface area contributed by atoms with Crippen molar-refractivity contribution < 1.29 is 4.52 Å². The highest BCUT2D eigenvalue weighted by molar-refractivity contribution is 5.89. The molecule has 3 aromatic heterocycles. The second kappa shape index (κ2) is 5.17. The van der Waals surface area contributed by atoms with E-state index in [0.29, 0.717) is 34.9 Å². The molecule has 5 aromatic rings. The van der Waals surface area contributed by atoms with Crippen LogP contribution in [0, 0.1) is 0 Å². The molecule has 0 spiro atoms. The summed E-state index contributed by atoms with van der Waals surface area (Å²) in [6.07, 6.45) is 1.76. The van der Waals surface area contributed by atoms with Gasteiger partial charge in [0.15, 0.2) is 5.82 Å². The number of benzene rings is 2. The topological polar surface area (TPSA) is 105 Å². The predicted octanol–water partition coefficient (Wildman–Crippen LogP) is 2.30. The van der Waals surface area contributed by atoms with Gasteiger partial charge in [-0.2, -0.15) is 4.98 Å². The first-order chi connectivity index (χ1) is 12.3. The van der Waals surface area contributed by atoms with Crippen LogP contribution in [0.2, 0.25) is 0 Å². The van der Waals surface area contributed by atoms with Gasteiger partial charge in [0.1, 0.15) is 0 Å². The van der Waals surface area contributed by atoms with Gasteiger partial charge < -0.3 is 19.1 Å². The number of para-hydroxylation sites is 3. The summed E-state index contributed by atoms with van der Waals surface area (Å²) in [6, 6.07) is 13.3. The summed E-state index contributed by atoms with van der Waals surface area (Å²) in [5.74, 6) is 0.897.